The van der Waals surface area contributed by atoms with Gasteiger partial charge in [-0.15, -0.1) is 23.5 Å². The fraction of sp³-hybridized carbons (Fsp3) is 0.500. The van der Waals surface area contributed by atoms with Crippen molar-refractivity contribution in [1.29, 1.82) is 0 Å². The number of hydrogen-bond acceptors (Lipinski definition) is 3. The van der Waals surface area contributed by atoms with E-state index in [1.54, 1.807) is 0 Å². The summed E-state index contributed by atoms with van der Waals surface area (Å²) in [5.41, 5.74) is 2.60. The van der Waals surface area contributed by atoms with Crippen LogP contribution in [0.5, 0.6) is 0 Å². The van der Waals surface area contributed by atoms with Gasteiger partial charge >= 0.3 is 0 Å². The fourth-order valence-corrected chi connectivity index (χ4v) is 2.59. The van der Waals surface area contributed by atoms with Gasteiger partial charge in [0.05, 0.1) is 0 Å². The lowest BCUT2D eigenvalue weighted by molar-refractivity contribution is 0.867. The highest BCUT2D eigenvalue weighted by molar-refractivity contribution is 8.16. The minimum absolute atomic E-state index is 0.440. The lowest BCUT2D eigenvalue weighted by Gasteiger charge is -2.15. The van der Waals surface area contributed by atoms with Crippen molar-refractivity contribution in [3.05, 3.63) is 29.8 Å². The summed E-state index contributed by atoms with van der Waals surface area (Å²) < 4.78 is 0.440. The Morgan fingerprint density at radius 3 is 1.93 bits per heavy atom. The van der Waals surface area contributed by atoms with Crippen LogP contribution >= 0.6 is 23.5 Å². The van der Waals surface area contributed by atoms with Gasteiger partial charge in [-0.1, -0.05) is 26.0 Å². The monoisotopic (exact) mass is 241 g/mol. The molecule has 0 atom stereocenters. The Bertz CT molecular complexity index is 278. The molecule has 3 heteroatoms. The first-order valence-corrected chi connectivity index (χ1v) is 7.67. The molecular weight excluding hydrogens is 222 g/mol. The van der Waals surface area contributed by atoms with Crippen LogP contribution < -0.4 is 5.32 Å². The standard InChI is InChI=1S/C12H19NS2/c1-9(2)10-5-7-11(8-6-10)13-12(14-3)15-4/h5-9,12-13H,1-4H3. The molecular formula is C12H19NS2. The Kier molecular flexibility index (Phi) is 5.40. The van der Waals surface area contributed by atoms with Gasteiger partial charge in [0.25, 0.3) is 0 Å². The Labute approximate surface area is 101 Å². The van der Waals surface area contributed by atoms with Gasteiger partial charge in [0, 0.05) is 5.69 Å². The molecule has 15 heavy (non-hydrogen) atoms. The van der Waals surface area contributed by atoms with Crippen LogP contribution in [0.2, 0.25) is 0 Å². The van der Waals surface area contributed by atoms with Crippen molar-refractivity contribution in [2.45, 2.75) is 24.5 Å². The van der Waals surface area contributed by atoms with Gasteiger partial charge in [-0.25, -0.2) is 0 Å². The molecule has 0 aliphatic carbocycles. The van der Waals surface area contributed by atoms with E-state index in [4.69, 9.17) is 0 Å². The van der Waals surface area contributed by atoms with Crippen molar-refractivity contribution in [3.8, 4) is 0 Å². The molecule has 1 aromatic rings. The maximum atomic E-state index is 3.47. The molecule has 0 aliphatic heterocycles. The fourth-order valence-electron chi connectivity index (χ4n) is 1.31. The molecule has 1 N–H and O–H groups in total. The number of benzene rings is 1. The van der Waals surface area contributed by atoms with Crippen LogP contribution in [-0.4, -0.2) is 17.2 Å². The zero-order valence-electron chi connectivity index (χ0n) is 9.78. The predicted octanol–water partition coefficient (Wildman–Crippen LogP) is 4.23. The molecule has 1 nitrogen and oxygen atoms in total. The van der Waals surface area contributed by atoms with Gasteiger partial charge in [-0.05, 0) is 36.1 Å². The van der Waals surface area contributed by atoms with E-state index in [0.29, 0.717) is 10.6 Å². The molecule has 0 fully saturated rings. The van der Waals surface area contributed by atoms with Crippen LogP contribution in [-0.2, 0) is 0 Å². The van der Waals surface area contributed by atoms with Gasteiger partial charge in [0.1, 0.15) is 4.71 Å². The van der Waals surface area contributed by atoms with E-state index >= 15 is 0 Å². The zero-order valence-corrected chi connectivity index (χ0v) is 11.4. The van der Waals surface area contributed by atoms with Gasteiger partial charge < -0.3 is 5.32 Å². The van der Waals surface area contributed by atoms with Gasteiger partial charge in [-0.3, -0.25) is 0 Å². The maximum absolute atomic E-state index is 3.47. The van der Waals surface area contributed by atoms with Crippen LogP contribution in [0.15, 0.2) is 24.3 Å². The third kappa shape index (κ3) is 3.99. The number of nitrogens with one attached hydrogen (secondary N) is 1. The molecule has 0 unspecified atom stereocenters. The maximum Gasteiger partial charge on any atom is 0.119 e. The summed E-state index contributed by atoms with van der Waals surface area (Å²) in [5.74, 6) is 0.607. The number of hydrogen-bond donors (Lipinski definition) is 1. The van der Waals surface area contributed by atoms with Crippen LogP contribution in [0, 0.1) is 0 Å². The smallest absolute Gasteiger partial charge is 0.119 e. The highest BCUT2D eigenvalue weighted by Gasteiger charge is 2.04. The van der Waals surface area contributed by atoms with E-state index < -0.39 is 0 Å². The molecule has 0 amide bonds. The van der Waals surface area contributed by atoms with Gasteiger partial charge in [0.2, 0.25) is 0 Å². The summed E-state index contributed by atoms with van der Waals surface area (Å²) in [6.07, 6.45) is 4.24. The third-order valence-corrected chi connectivity index (χ3v) is 4.54. The second-order valence-corrected chi connectivity index (χ2v) is 5.91. The van der Waals surface area contributed by atoms with Crippen molar-refractivity contribution >= 4 is 29.2 Å². The summed E-state index contributed by atoms with van der Waals surface area (Å²) in [6.45, 7) is 4.43. The van der Waals surface area contributed by atoms with Gasteiger partial charge in [0.15, 0.2) is 0 Å². The van der Waals surface area contributed by atoms with E-state index in [2.05, 4.69) is 55.9 Å². The molecule has 84 valence electrons. The Morgan fingerprint density at radius 2 is 1.53 bits per heavy atom. The van der Waals surface area contributed by atoms with Crippen LogP contribution in [0.1, 0.15) is 25.3 Å². The molecule has 0 aliphatic rings. The summed E-state index contributed by atoms with van der Waals surface area (Å²) in [7, 11) is 0. The largest absolute Gasteiger partial charge is 0.365 e. The number of anilines is 1. The van der Waals surface area contributed by atoms with Crippen molar-refractivity contribution in [1.82, 2.24) is 0 Å². The molecule has 0 radical (unpaired) electrons. The molecule has 0 aromatic heterocycles. The van der Waals surface area contributed by atoms with Crippen LogP contribution in [0.25, 0.3) is 0 Å². The molecule has 1 aromatic carbocycles. The van der Waals surface area contributed by atoms with E-state index in [1.807, 2.05) is 23.5 Å². The minimum atomic E-state index is 0.440. The zero-order chi connectivity index (χ0) is 11.3. The third-order valence-electron chi connectivity index (χ3n) is 2.29. The van der Waals surface area contributed by atoms with Gasteiger partial charge in [-0.2, -0.15) is 0 Å². The Balaban J connectivity index is 2.63. The van der Waals surface area contributed by atoms with E-state index in [9.17, 15) is 0 Å². The number of thioether (sulfide) groups is 2. The average Bonchev–Trinajstić information content (AvgIpc) is 2.26. The second-order valence-electron chi connectivity index (χ2n) is 3.72. The average molecular weight is 241 g/mol. The highest BCUT2D eigenvalue weighted by atomic mass is 32.2. The Hall–Kier alpha value is -0.280. The minimum Gasteiger partial charge on any atom is -0.365 e. The predicted molar refractivity (Wildman–Crippen MR) is 75.0 cm³/mol. The van der Waals surface area contributed by atoms with Crippen molar-refractivity contribution in [2.75, 3.05) is 17.8 Å². The Morgan fingerprint density at radius 1 is 1.00 bits per heavy atom. The lowest BCUT2D eigenvalue weighted by Crippen LogP contribution is -2.09. The van der Waals surface area contributed by atoms with Crippen LogP contribution in [0.4, 0.5) is 5.69 Å². The summed E-state index contributed by atoms with van der Waals surface area (Å²) in [5, 5.41) is 3.47. The van der Waals surface area contributed by atoms with Crippen molar-refractivity contribution in [2.24, 2.45) is 0 Å². The molecule has 0 saturated heterocycles. The van der Waals surface area contributed by atoms with E-state index in [0.717, 1.165) is 0 Å². The first-order chi connectivity index (χ1) is 7.17. The van der Waals surface area contributed by atoms with Crippen molar-refractivity contribution < 1.29 is 0 Å². The number of rotatable bonds is 5. The lowest BCUT2D eigenvalue weighted by atomic mass is 10.0. The highest BCUT2D eigenvalue weighted by Crippen LogP contribution is 2.23. The quantitative estimate of drug-likeness (QED) is 0.775. The topological polar surface area (TPSA) is 12.0 Å². The molecule has 0 spiro atoms. The molecule has 0 saturated carbocycles. The van der Waals surface area contributed by atoms with E-state index in [-0.39, 0.29) is 0 Å². The molecule has 0 heterocycles. The van der Waals surface area contributed by atoms with E-state index in [1.165, 1.54) is 11.3 Å². The van der Waals surface area contributed by atoms with Crippen LogP contribution in [0.3, 0.4) is 0 Å². The summed E-state index contributed by atoms with van der Waals surface area (Å²) in [6, 6.07) is 8.72. The molecule has 1 rings (SSSR count). The molecule has 0 bridgehead atoms. The first kappa shape index (κ1) is 12.8. The summed E-state index contributed by atoms with van der Waals surface area (Å²) in [4.78, 5) is 0. The normalized spacial score (nSPS) is 11.1. The SMILES string of the molecule is CSC(Nc1ccc(C(C)C)cc1)SC. The first-order valence-electron chi connectivity index (χ1n) is 5.09. The second kappa shape index (κ2) is 6.33. The summed E-state index contributed by atoms with van der Waals surface area (Å²) >= 11 is 3.65. The van der Waals surface area contributed by atoms with Crippen molar-refractivity contribution in [3.63, 3.8) is 0 Å².